The molecule has 0 atom stereocenters. The van der Waals surface area contributed by atoms with Crippen LogP contribution < -0.4 is 0 Å². The van der Waals surface area contributed by atoms with E-state index in [0.29, 0.717) is 5.82 Å². The van der Waals surface area contributed by atoms with Crippen LogP contribution in [0.4, 0.5) is 0 Å². The van der Waals surface area contributed by atoms with Crippen molar-refractivity contribution in [2.75, 3.05) is 13.1 Å². The second kappa shape index (κ2) is 4.25. The Morgan fingerprint density at radius 2 is 2.35 bits per heavy atom. The molecule has 3 heterocycles. The van der Waals surface area contributed by atoms with Crippen LogP contribution in [0.15, 0.2) is 6.07 Å². The van der Waals surface area contributed by atoms with Gasteiger partial charge in [-0.25, -0.2) is 5.10 Å². The van der Waals surface area contributed by atoms with Gasteiger partial charge in [0.1, 0.15) is 5.69 Å². The molecule has 7 nitrogen and oxygen atoms in total. The molecule has 2 aromatic rings. The highest BCUT2D eigenvalue weighted by Gasteiger charge is 2.17. The largest absolute Gasteiger partial charge is 0.298 e. The topological polar surface area (TPSA) is 75.5 Å². The van der Waals surface area contributed by atoms with Gasteiger partial charge in [0.05, 0.1) is 5.69 Å². The van der Waals surface area contributed by atoms with Crippen LogP contribution in [0.2, 0.25) is 0 Å². The van der Waals surface area contributed by atoms with Crippen molar-refractivity contribution in [1.29, 1.82) is 0 Å². The van der Waals surface area contributed by atoms with E-state index in [1.165, 1.54) is 5.69 Å². The number of fused-ring (bicyclic) bond motifs is 1. The predicted octanol–water partition coefficient (Wildman–Crippen LogP) is 0.289. The number of hydrogen-bond acceptors (Lipinski definition) is 5. The Bertz CT molecular complexity index is 487. The molecule has 0 saturated heterocycles. The molecule has 0 radical (unpaired) electrons. The van der Waals surface area contributed by atoms with Gasteiger partial charge in [-0.2, -0.15) is 5.10 Å². The van der Waals surface area contributed by atoms with E-state index in [9.17, 15) is 0 Å². The number of aromatic amines is 1. The number of aryl methyl sites for hydroxylation is 1. The van der Waals surface area contributed by atoms with Gasteiger partial charge in [-0.1, -0.05) is 6.92 Å². The van der Waals surface area contributed by atoms with Crippen LogP contribution >= 0.6 is 0 Å². The minimum Gasteiger partial charge on any atom is -0.298 e. The summed E-state index contributed by atoms with van der Waals surface area (Å²) in [5.74, 6) is 0.633. The summed E-state index contributed by atoms with van der Waals surface area (Å²) in [7, 11) is 0. The monoisotopic (exact) mass is 233 g/mol. The zero-order valence-corrected chi connectivity index (χ0v) is 9.80. The van der Waals surface area contributed by atoms with Crippen LogP contribution in [0, 0.1) is 0 Å². The Balaban J connectivity index is 1.92. The van der Waals surface area contributed by atoms with Gasteiger partial charge in [-0.15, -0.1) is 5.10 Å². The summed E-state index contributed by atoms with van der Waals surface area (Å²) >= 11 is 0. The van der Waals surface area contributed by atoms with Gasteiger partial charge in [-0.3, -0.25) is 9.58 Å². The van der Waals surface area contributed by atoms with E-state index in [4.69, 9.17) is 0 Å². The normalized spacial score (nSPS) is 16.8. The molecule has 0 amide bonds. The Labute approximate surface area is 98.8 Å². The molecule has 0 bridgehead atoms. The molecular formula is C10H15N7. The standard InChI is InChI=1S/C10H15N7/c1-2-16-4-3-5-17-8(7-16)6-9(13-17)10-11-14-15-12-10/h6H,2-5,7H2,1H3,(H,11,12,14,15). The van der Waals surface area contributed by atoms with Gasteiger partial charge < -0.3 is 0 Å². The van der Waals surface area contributed by atoms with Gasteiger partial charge in [0.15, 0.2) is 5.82 Å². The summed E-state index contributed by atoms with van der Waals surface area (Å²) in [6.07, 6.45) is 1.14. The van der Waals surface area contributed by atoms with E-state index in [1.54, 1.807) is 0 Å². The first-order valence-corrected chi connectivity index (χ1v) is 5.90. The van der Waals surface area contributed by atoms with E-state index < -0.39 is 0 Å². The summed E-state index contributed by atoms with van der Waals surface area (Å²) in [5, 5.41) is 18.3. The lowest BCUT2D eigenvalue weighted by molar-refractivity contribution is 0.284. The highest BCUT2D eigenvalue weighted by Crippen LogP contribution is 2.18. The van der Waals surface area contributed by atoms with Gasteiger partial charge in [0.2, 0.25) is 0 Å². The first-order chi connectivity index (χ1) is 8.36. The zero-order valence-electron chi connectivity index (χ0n) is 9.80. The van der Waals surface area contributed by atoms with Gasteiger partial charge in [0, 0.05) is 19.6 Å². The SMILES string of the molecule is CCN1CCCn2nc(-c3nnn[nH]3)cc2C1. The predicted molar refractivity (Wildman–Crippen MR) is 61.0 cm³/mol. The molecule has 0 aliphatic carbocycles. The lowest BCUT2D eigenvalue weighted by Gasteiger charge is -2.15. The van der Waals surface area contributed by atoms with E-state index in [0.717, 1.165) is 38.3 Å². The molecular weight excluding hydrogens is 218 g/mol. The lowest BCUT2D eigenvalue weighted by Crippen LogP contribution is -2.22. The summed E-state index contributed by atoms with van der Waals surface area (Å²) < 4.78 is 2.06. The number of nitrogens with one attached hydrogen (secondary N) is 1. The molecule has 1 aliphatic heterocycles. The third-order valence-corrected chi connectivity index (χ3v) is 3.13. The number of H-pyrrole nitrogens is 1. The maximum atomic E-state index is 4.54. The van der Waals surface area contributed by atoms with E-state index >= 15 is 0 Å². The average molecular weight is 233 g/mol. The summed E-state index contributed by atoms with van der Waals surface area (Å²) in [5.41, 5.74) is 2.05. The van der Waals surface area contributed by atoms with Crippen LogP contribution in [-0.4, -0.2) is 48.4 Å². The van der Waals surface area contributed by atoms with E-state index in [1.807, 2.05) is 0 Å². The third kappa shape index (κ3) is 1.93. The van der Waals surface area contributed by atoms with Gasteiger partial charge in [-0.05, 0) is 29.5 Å². The number of rotatable bonds is 2. The highest BCUT2D eigenvalue weighted by atomic mass is 15.5. The number of hydrogen-bond donors (Lipinski definition) is 1. The number of aromatic nitrogens is 6. The summed E-state index contributed by atoms with van der Waals surface area (Å²) in [4.78, 5) is 2.42. The smallest absolute Gasteiger partial charge is 0.199 e. The van der Waals surface area contributed by atoms with Crippen molar-refractivity contribution in [3.05, 3.63) is 11.8 Å². The van der Waals surface area contributed by atoms with Crippen molar-refractivity contribution in [3.8, 4) is 11.5 Å². The molecule has 7 heteroatoms. The molecule has 1 aliphatic rings. The van der Waals surface area contributed by atoms with Crippen molar-refractivity contribution in [1.82, 2.24) is 35.3 Å². The van der Waals surface area contributed by atoms with Crippen molar-refractivity contribution < 1.29 is 0 Å². The Morgan fingerprint density at radius 1 is 1.41 bits per heavy atom. The zero-order chi connectivity index (χ0) is 11.7. The van der Waals surface area contributed by atoms with Crippen molar-refractivity contribution in [2.24, 2.45) is 0 Å². The Morgan fingerprint density at radius 3 is 3.12 bits per heavy atom. The minimum atomic E-state index is 0.633. The molecule has 17 heavy (non-hydrogen) atoms. The van der Waals surface area contributed by atoms with Crippen LogP contribution in [-0.2, 0) is 13.1 Å². The maximum Gasteiger partial charge on any atom is 0.199 e. The molecule has 0 saturated carbocycles. The molecule has 0 fully saturated rings. The number of tetrazole rings is 1. The molecule has 3 rings (SSSR count). The fourth-order valence-corrected chi connectivity index (χ4v) is 2.18. The molecule has 0 spiro atoms. The second-order valence-corrected chi connectivity index (χ2v) is 4.22. The lowest BCUT2D eigenvalue weighted by atomic mass is 10.3. The van der Waals surface area contributed by atoms with Crippen LogP contribution in [0.1, 0.15) is 19.0 Å². The first-order valence-electron chi connectivity index (χ1n) is 5.90. The van der Waals surface area contributed by atoms with Crippen LogP contribution in [0.25, 0.3) is 11.5 Å². The Hall–Kier alpha value is -1.76. The quantitative estimate of drug-likeness (QED) is 0.806. The van der Waals surface area contributed by atoms with Gasteiger partial charge >= 0.3 is 0 Å². The van der Waals surface area contributed by atoms with E-state index in [-0.39, 0.29) is 0 Å². The van der Waals surface area contributed by atoms with Crippen molar-refractivity contribution in [3.63, 3.8) is 0 Å². The van der Waals surface area contributed by atoms with Crippen molar-refractivity contribution >= 4 is 0 Å². The van der Waals surface area contributed by atoms with Crippen LogP contribution in [0.3, 0.4) is 0 Å². The molecule has 0 aromatic carbocycles. The average Bonchev–Trinajstić information content (AvgIpc) is 2.95. The van der Waals surface area contributed by atoms with Crippen molar-refractivity contribution in [2.45, 2.75) is 26.4 Å². The number of nitrogens with zero attached hydrogens (tertiary/aromatic N) is 6. The maximum absolute atomic E-state index is 4.54. The third-order valence-electron chi connectivity index (χ3n) is 3.13. The van der Waals surface area contributed by atoms with Gasteiger partial charge in [0.25, 0.3) is 0 Å². The fourth-order valence-electron chi connectivity index (χ4n) is 2.18. The summed E-state index contributed by atoms with van der Waals surface area (Å²) in [6.45, 7) is 6.31. The molecule has 1 N–H and O–H groups in total. The first kappa shape index (κ1) is 10.4. The van der Waals surface area contributed by atoms with E-state index in [2.05, 4.69) is 48.3 Å². The molecule has 0 unspecified atom stereocenters. The fraction of sp³-hybridized carbons (Fsp3) is 0.600. The minimum absolute atomic E-state index is 0.633. The molecule has 90 valence electrons. The second-order valence-electron chi connectivity index (χ2n) is 4.22. The summed E-state index contributed by atoms with van der Waals surface area (Å²) in [6, 6.07) is 2.07. The van der Waals surface area contributed by atoms with Crippen LogP contribution in [0.5, 0.6) is 0 Å². The highest BCUT2D eigenvalue weighted by molar-refractivity contribution is 5.47. The Kier molecular flexibility index (Phi) is 2.60. The molecule has 2 aromatic heterocycles.